The van der Waals surface area contributed by atoms with Crippen LogP contribution in [0.3, 0.4) is 0 Å². The molecule has 0 spiro atoms. The number of fused-ring (bicyclic) bond motifs is 2. The highest BCUT2D eigenvalue weighted by Crippen LogP contribution is 2.20. The number of carbonyl (C=O) groups is 2. The molecule has 1 amide bonds. The van der Waals surface area contributed by atoms with E-state index in [2.05, 4.69) is 11.1 Å². The Kier molecular flexibility index (Phi) is 5.59. The summed E-state index contributed by atoms with van der Waals surface area (Å²) in [5.74, 6) is -0.800. The molecule has 0 bridgehead atoms. The van der Waals surface area contributed by atoms with Gasteiger partial charge >= 0.3 is 5.97 Å². The van der Waals surface area contributed by atoms with Gasteiger partial charge in [0.2, 0.25) is 0 Å². The molecule has 2 aromatic carbocycles. The van der Waals surface area contributed by atoms with E-state index in [-0.39, 0.29) is 11.5 Å². The largest absolute Gasteiger partial charge is 0.449 e. The molecule has 1 atom stereocenters. The van der Waals surface area contributed by atoms with Gasteiger partial charge in [-0.05, 0) is 56.5 Å². The predicted molar refractivity (Wildman–Crippen MR) is 117 cm³/mol. The van der Waals surface area contributed by atoms with E-state index in [1.54, 1.807) is 41.5 Å². The lowest BCUT2D eigenvalue weighted by Crippen LogP contribution is -2.42. The van der Waals surface area contributed by atoms with Crippen molar-refractivity contribution in [2.45, 2.75) is 46.4 Å². The Hall–Kier alpha value is -3.48. The van der Waals surface area contributed by atoms with E-state index in [1.165, 1.54) is 5.56 Å². The van der Waals surface area contributed by atoms with Gasteiger partial charge in [0.1, 0.15) is 5.69 Å². The fraction of sp³-hybridized carbons (Fsp3) is 0.333. The molecular formula is C24H25N3O4. The van der Waals surface area contributed by atoms with E-state index in [1.807, 2.05) is 25.1 Å². The van der Waals surface area contributed by atoms with Gasteiger partial charge in [-0.1, -0.05) is 24.3 Å². The van der Waals surface area contributed by atoms with Gasteiger partial charge in [0.15, 0.2) is 6.10 Å². The molecule has 0 aliphatic carbocycles. The lowest BCUT2D eigenvalue weighted by molar-refractivity contribution is -0.140. The van der Waals surface area contributed by atoms with Crippen molar-refractivity contribution in [2.75, 3.05) is 6.54 Å². The van der Waals surface area contributed by atoms with Crippen LogP contribution in [0, 0.1) is 6.92 Å². The summed E-state index contributed by atoms with van der Waals surface area (Å²) in [7, 11) is 0. The number of hydrogen-bond acceptors (Lipinski definition) is 5. The minimum atomic E-state index is -0.896. The van der Waals surface area contributed by atoms with Crippen LogP contribution in [0.25, 0.3) is 11.0 Å². The van der Waals surface area contributed by atoms with E-state index in [0.717, 1.165) is 12.0 Å². The topological polar surface area (TPSA) is 81.5 Å². The SMILES string of the molecule is CCn1c(=O)c(C)nc2cc(C(=O)O[C@H](C)C(=O)N3CCc4ccccc4C3)ccc21. The fourth-order valence-electron chi connectivity index (χ4n) is 4.04. The van der Waals surface area contributed by atoms with E-state index in [4.69, 9.17) is 4.74 Å². The molecule has 0 unspecified atom stereocenters. The average Bonchev–Trinajstić information content (AvgIpc) is 2.78. The molecule has 1 aromatic heterocycles. The van der Waals surface area contributed by atoms with Crippen molar-refractivity contribution >= 4 is 22.9 Å². The number of ether oxygens (including phenoxy) is 1. The molecule has 31 heavy (non-hydrogen) atoms. The van der Waals surface area contributed by atoms with Crippen molar-refractivity contribution in [2.24, 2.45) is 0 Å². The third-order valence-corrected chi connectivity index (χ3v) is 5.73. The molecule has 160 valence electrons. The molecule has 7 nitrogen and oxygen atoms in total. The van der Waals surface area contributed by atoms with Gasteiger partial charge in [0.05, 0.1) is 16.6 Å². The summed E-state index contributed by atoms with van der Waals surface area (Å²) in [5, 5.41) is 0. The first-order chi connectivity index (χ1) is 14.9. The zero-order valence-electron chi connectivity index (χ0n) is 17.9. The summed E-state index contributed by atoms with van der Waals surface area (Å²) in [6.45, 7) is 6.76. The van der Waals surface area contributed by atoms with Crippen LogP contribution in [0.1, 0.15) is 41.0 Å². The van der Waals surface area contributed by atoms with Crippen LogP contribution in [0.15, 0.2) is 47.3 Å². The van der Waals surface area contributed by atoms with Crippen LogP contribution in [0.2, 0.25) is 0 Å². The Bertz CT molecular complexity index is 1230. The van der Waals surface area contributed by atoms with Crippen LogP contribution in [0.4, 0.5) is 0 Å². The summed E-state index contributed by atoms with van der Waals surface area (Å²) in [6.07, 6.45) is -0.107. The number of rotatable bonds is 4. The number of hydrogen-bond donors (Lipinski definition) is 0. The van der Waals surface area contributed by atoms with Gasteiger partial charge in [-0.3, -0.25) is 9.59 Å². The summed E-state index contributed by atoms with van der Waals surface area (Å²) < 4.78 is 7.09. The maximum absolute atomic E-state index is 12.9. The summed E-state index contributed by atoms with van der Waals surface area (Å²) in [4.78, 5) is 43.8. The van der Waals surface area contributed by atoms with Crippen LogP contribution < -0.4 is 5.56 Å². The molecule has 1 aliphatic rings. The Morgan fingerprint density at radius 2 is 1.90 bits per heavy atom. The Morgan fingerprint density at radius 3 is 2.65 bits per heavy atom. The number of esters is 1. The molecule has 0 saturated carbocycles. The van der Waals surface area contributed by atoms with Crippen molar-refractivity contribution < 1.29 is 14.3 Å². The summed E-state index contributed by atoms with van der Waals surface area (Å²) in [6, 6.07) is 13.0. The van der Waals surface area contributed by atoms with Crippen LogP contribution in [-0.2, 0) is 29.0 Å². The lowest BCUT2D eigenvalue weighted by Gasteiger charge is -2.30. The number of aryl methyl sites for hydroxylation is 2. The molecule has 7 heteroatoms. The summed E-state index contributed by atoms with van der Waals surface area (Å²) in [5.41, 5.74) is 4.09. The monoisotopic (exact) mass is 419 g/mol. The molecule has 4 rings (SSSR count). The molecule has 1 aliphatic heterocycles. The zero-order valence-corrected chi connectivity index (χ0v) is 17.9. The molecule has 3 aromatic rings. The highest BCUT2D eigenvalue weighted by atomic mass is 16.5. The normalized spacial score (nSPS) is 14.2. The van der Waals surface area contributed by atoms with E-state index in [0.29, 0.717) is 41.9 Å². The number of nitrogens with zero attached hydrogens (tertiary/aromatic N) is 3. The van der Waals surface area contributed by atoms with E-state index < -0.39 is 12.1 Å². The van der Waals surface area contributed by atoms with Crippen molar-refractivity contribution in [3.8, 4) is 0 Å². The van der Waals surface area contributed by atoms with Crippen LogP contribution in [-0.4, -0.2) is 39.0 Å². The minimum absolute atomic E-state index is 0.146. The molecule has 0 N–H and O–H groups in total. The van der Waals surface area contributed by atoms with E-state index >= 15 is 0 Å². The first kappa shape index (κ1) is 20.8. The first-order valence-electron chi connectivity index (χ1n) is 10.5. The van der Waals surface area contributed by atoms with Crippen molar-refractivity contribution in [1.29, 1.82) is 0 Å². The zero-order chi connectivity index (χ0) is 22.1. The first-order valence-corrected chi connectivity index (χ1v) is 10.5. The fourth-order valence-corrected chi connectivity index (χ4v) is 4.04. The second-order valence-corrected chi connectivity index (χ2v) is 7.78. The van der Waals surface area contributed by atoms with Gasteiger partial charge < -0.3 is 14.2 Å². The van der Waals surface area contributed by atoms with Crippen molar-refractivity contribution in [3.05, 3.63) is 75.2 Å². The molecule has 0 fully saturated rings. The third kappa shape index (κ3) is 3.95. The maximum atomic E-state index is 12.9. The predicted octanol–water partition coefficient (Wildman–Crippen LogP) is 2.86. The van der Waals surface area contributed by atoms with Gasteiger partial charge in [-0.15, -0.1) is 0 Å². The maximum Gasteiger partial charge on any atom is 0.338 e. The second kappa shape index (κ2) is 8.34. The van der Waals surface area contributed by atoms with Gasteiger partial charge in [0, 0.05) is 19.6 Å². The van der Waals surface area contributed by atoms with Gasteiger partial charge in [0.25, 0.3) is 11.5 Å². The van der Waals surface area contributed by atoms with Crippen molar-refractivity contribution in [3.63, 3.8) is 0 Å². The minimum Gasteiger partial charge on any atom is -0.449 e. The third-order valence-electron chi connectivity index (χ3n) is 5.73. The molecule has 0 saturated heterocycles. The van der Waals surface area contributed by atoms with E-state index in [9.17, 15) is 14.4 Å². The van der Waals surface area contributed by atoms with Crippen molar-refractivity contribution in [1.82, 2.24) is 14.5 Å². The Morgan fingerprint density at radius 1 is 1.16 bits per heavy atom. The summed E-state index contributed by atoms with van der Waals surface area (Å²) >= 11 is 0. The quantitative estimate of drug-likeness (QED) is 0.608. The number of benzene rings is 2. The Balaban J connectivity index is 1.50. The van der Waals surface area contributed by atoms with Gasteiger partial charge in [-0.25, -0.2) is 9.78 Å². The highest BCUT2D eigenvalue weighted by Gasteiger charge is 2.27. The Labute approximate surface area is 180 Å². The van der Waals surface area contributed by atoms with Crippen LogP contribution >= 0.6 is 0 Å². The standard InChI is InChI=1S/C24H25N3O4/c1-4-27-21-10-9-18(13-20(21)25-15(2)22(27)28)24(30)31-16(3)23(29)26-12-11-17-7-5-6-8-19(17)14-26/h5-10,13,16H,4,11-12,14H2,1-3H3/t16-/m1/s1. The highest BCUT2D eigenvalue weighted by molar-refractivity contribution is 5.95. The number of carbonyl (C=O) groups excluding carboxylic acids is 2. The lowest BCUT2D eigenvalue weighted by atomic mass is 9.99. The smallest absolute Gasteiger partial charge is 0.338 e. The van der Waals surface area contributed by atoms with Gasteiger partial charge in [-0.2, -0.15) is 0 Å². The van der Waals surface area contributed by atoms with Crippen LogP contribution in [0.5, 0.6) is 0 Å². The molecular weight excluding hydrogens is 394 g/mol. The number of amides is 1. The molecule has 0 radical (unpaired) electrons. The molecule has 2 heterocycles. The average molecular weight is 419 g/mol. The second-order valence-electron chi connectivity index (χ2n) is 7.78. The number of aromatic nitrogens is 2.